The molecule has 0 bridgehead atoms. The standard InChI is InChI=1S/C16H14N2O2S/c1-3-17-16(18-9-11-2-6-21-10-11)13-8-15-14(7-12(1)13)19-4-5-20-15/h1-3,6-8,10H,4-5,9H2,(H,17,18). The maximum absolute atomic E-state index is 5.66. The second-order valence-electron chi connectivity index (χ2n) is 4.86. The quantitative estimate of drug-likeness (QED) is 0.801. The van der Waals surface area contributed by atoms with Gasteiger partial charge in [0.2, 0.25) is 0 Å². The minimum atomic E-state index is 0.594. The maximum Gasteiger partial charge on any atom is 0.162 e. The summed E-state index contributed by atoms with van der Waals surface area (Å²) >= 11 is 1.70. The van der Waals surface area contributed by atoms with Crippen molar-refractivity contribution in [3.8, 4) is 11.5 Å². The molecule has 1 aliphatic heterocycles. The Bertz CT molecular complexity index is 771. The second-order valence-corrected chi connectivity index (χ2v) is 5.64. The first-order chi connectivity index (χ1) is 10.4. The van der Waals surface area contributed by atoms with Gasteiger partial charge in [-0.05, 0) is 46.0 Å². The van der Waals surface area contributed by atoms with Gasteiger partial charge in [0.05, 0.1) is 0 Å². The SMILES string of the molecule is c1cc2cc3c(cc2c(NCc2ccsc2)n1)OCCO3. The molecule has 0 fully saturated rings. The smallest absolute Gasteiger partial charge is 0.162 e. The van der Waals surface area contributed by atoms with E-state index in [1.165, 1.54) is 5.56 Å². The van der Waals surface area contributed by atoms with Gasteiger partial charge in [-0.2, -0.15) is 11.3 Å². The maximum atomic E-state index is 5.66. The van der Waals surface area contributed by atoms with E-state index in [1.807, 2.05) is 24.4 Å². The van der Waals surface area contributed by atoms with Crippen LogP contribution in [0.25, 0.3) is 10.8 Å². The molecule has 4 rings (SSSR count). The highest BCUT2D eigenvalue weighted by Gasteiger charge is 2.14. The number of benzene rings is 1. The number of pyridine rings is 1. The van der Waals surface area contributed by atoms with Gasteiger partial charge in [0, 0.05) is 18.1 Å². The normalized spacial score (nSPS) is 13.3. The van der Waals surface area contributed by atoms with Crippen LogP contribution in [0.3, 0.4) is 0 Å². The van der Waals surface area contributed by atoms with Crippen molar-refractivity contribution in [3.05, 3.63) is 46.8 Å². The van der Waals surface area contributed by atoms with Crippen LogP contribution in [0.4, 0.5) is 5.82 Å². The van der Waals surface area contributed by atoms with Crippen LogP contribution >= 0.6 is 11.3 Å². The van der Waals surface area contributed by atoms with Gasteiger partial charge in [0.25, 0.3) is 0 Å². The summed E-state index contributed by atoms with van der Waals surface area (Å²) in [5.41, 5.74) is 1.26. The lowest BCUT2D eigenvalue weighted by molar-refractivity contribution is 0.172. The molecule has 5 heteroatoms. The molecule has 0 amide bonds. The molecule has 4 nitrogen and oxygen atoms in total. The number of hydrogen-bond acceptors (Lipinski definition) is 5. The van der Waals surface area contributed by atoms with E-state index in [0.717, 1.165) is 34.6 Å². The van der Waals surface area contributed by atoms with Crippen molar-refractivity contribution in [2.24, 2.45) is 0 Å². The predicted octanol–water partition coefficient (Wildman–Crippen LogP) is 3.68. The number of ether oxygens (including phenoxy) is 2. The van der Waals surface area contributed by atoms with Gasteiger partial charge < -0.3 is 14.8 Å². The van der Waals surface area contributed by atoms with Crippen LogP contribution in [0.2, 0.25) is 0 Å². The van der Waals surface area contributed by atoms with Gasteiger partial charge in [-0.3, -0.25) is 0 Å². The van der Waals surface area contributed by atoms with E-state index >= 15 is 0 Å². The molecule has 0 saturated heterocycles. The summed E-state index contributed by atoms with van der Waals surface area (Å²) in [6.07, 6.45) is 1.81. The first-order valence-corrected chi connectivity index (χ1v) is 7.78. The Labute approximate surface area is 126 Å². The molecule has 3 aromatic rings. The number of anilines is 1. The summed E-state index contributed by atoms with van der Waals surface area (Å²) in [5, 5.41) is 9.76. The Kier molecular flexibility index (Phi) is 3.12. The molecular formula is C16H14N2O2S. The van der Waals surface area contributed by atoms with Gasteiger partial charge in [-0.15, -0.1) is 0 Å². The van der Waals surface area contributed by atoms with E-state index in [9.17, 15) is 0 Å². The van der Waals surface area contributed by atoms with Crippen LogP contribution in [0, 0.1) is 0 Å². The van der Waals surface area contributed by atoms with Crippen LogP contribution in [-0.2, 0) is 6.54 Å². The van der Waals surface area contributed by atoms with Crippen LogP contribution in [0.5, 0.6) is 11.5 Å². The fraction of sp³-hybridized carbons (Fsp3) is 0.188. The average Bonchev–Trinajstić information content (AvgIpc) is 3.04. The van der Waals surface area contributed by atoms with Crippen molar-refractivity contribution in [1.82, 2.24) is 4.98 Å². The van der Waals surface area contributed by atoms with Crippen LogP contribution in [-0.4, -0.2) is 18.2 Å². The zero-order chi connectivity index (χ0) is 14.1. The lowest BCUT2D eigenvalue weighted by Crippen LogP contribution is -2.15. The van der Waals surface area contributed by atoms with E-state index in [-0.39, 0.29) is 0 Å². The number of hydrogen-bond donors (Lipinski definition) is 1. The molecule has 1 aromatic carbocycles. The van der Waals surface area contributed by atoms with Crippen molar-refractivity contribution in [1.29, 1.82) is 0 Å². The van der Waals surface area contributed by atoms with Crippen LogP contribution in [0.1, 0.15) is 5.56 Å². The Balaban J connectivity index is 1.71. The van der Waals surface area contributed by atoms with Crippen molar-refractivity contribution >= 4 is 27.9 Å². The molecule has 0 saturated carbocycles. The number of aromatic nitrogens is 1. The Morgan fingerprint density at radius 3 is 2.81 bits per heavy atom. The first kappa shape index (κ1) is 12.5. The summed E-state index contributed by atoms with van der Waals surface area (Å²) in [6, 6.07) is 8.12. The number of nitrogens with one attached hydrogen (secondary N) is 1. The fourth-order valence-corrected chi connectivity index (χ4v) is 3.10. The summed E-state index contributed by atoms with van der Waals surface area (Å²) in [6.45, 7) is 1.97. The zero-order valence-corrected chi connectivity index (χ0v) is 12.2. The van der Waals surface area contributed by atoms with Gasteiger partial charge in [-0.25, -0.2) is 4.98 Å². The van der Waals surface area contributed by atoms with Crippen molar-refractivity contribution < 1.29 is 9.47 Å². The van der Waals surface area contributed by atoms with Gasteiger partial charge >= 0.3 is 0 Å². The number of rotatable bonds is 3. The van der Waals surface area contributed by atoms with Gasteiger partial charge in [0.1, 0.15) is 19.0 Å². The van der Waals surface area contributed by atoms with E-state index < -0.39 is 0 Å². The summed E-state index contributed by atoms with van der Waals surface area (Å²) in [7, 11) is 0. The molecule has 0 spiro atoms. The first-order valence-electron chi connectivity index (χ1n) is 6.83. The average molecular weight is 298 g/mol. The molecule has 0 radical (unpaired) electrons. The van der Waals surface area contributed by atoms with Crippen molar-refractivity contribution in [2.75, 3.05) is 18.5 Å². The number of fused-ring (bicyclic) bond motifs is 2. The molecule has 0 aliphatic carbocycles. The minimum Gasteiger partial charge on any atom is -0.486 e. The van der Waals surface area contributed by atoms with Gasteiger partial charge in [-0.1, -0.05) is 0 Å². The molecule has 21 heavy (non-hydrogen) atoms. The molecule has 2 aromatic heterocycles. The molecule has 0 atom stereocenters. The minimum absolute atomic E-state index is 0.594. The van der Waals surface area contributed by atoms with Crippen LogP contribution < -0.4 is 14.8 Å². The monoisotopic (exact) mass is 298 g/mol. The van der Waals surface area contributed by atoms with E-state index in [1.54, 1.807) is 11.3 Å². The summed E-state index contributed by atoms with van der Waals surface area (Å²) in [5.74, 6) is 2.47. The fourth-order valence-electron chi connectivity index (χ4n) is 2.43. The van der Waals surface area contributed by atoms with Crippen LogP contribution in [0.15, 0.2) is 41.2 Å². The lowest BCUT2D eigenvalue weighted by Gasteiger charge is -2.19. The largest absolute Gasteiger partial charge is 0.486 e. The van der Waals surface area contributed by atoms with Gasteiger partial charge in [0.15, 0.2) is 11.5 Å². The van der Waals surface area contributed by atoms with E-state index in [4.69, 9.17) is 9.47 Å². The summed E-state index contributed by atoms with van der Waals surface area (Å²) in [4.78, 5) is 4.45. The van der Waals surface area contributed by atoms with Crippen molar-refractivity contribution in [2.45, 2.75) is 6.54 Å². The molecule has 1 aliphatic rings. The Hall–Kier alpha value is -2.27. The highest BCUT2D eigenvalue weighted by Crippen LogP contribution is 2.36. The topological polar surface area (TPSA) is 43.4 Å². The molecular weight excluding hydrogens is 284 g/mol. The lowest BCUT2D eigenvalue weighted by atomic mass is 10.1. The number of nitrogens with zero attached hydrogens (tertiary/aromatic N) is 1. The van der Waals surface area contributed by atoms with E-state index in [0.29, 0.717) is 13.2 Å². The van der Waals surface area contributed by atoms with E-state index in [2.05, 4.69) is 27.1 Å². The third-order valence-corrected chi connectivity index (χ3v) is 4.20. The number of thiophene rings is 1. The predicted molar refractivity (Wildman–Crippen MR) is 84.4 cm³/mol. The Morgan fingerprint density at radius 1 is 1.14 bits per heavy atom. The second kappa shape index (κ2) is 5.26. The molecule has 0 unspecified atom stereocenters. The summed E-state index contributed by atoms with van der Waals surface area (Å²) < 4.78 is 11.3. The Morgan fingerprint density at radius 2 is 2.00 bits per heavy atom. The van der Waals surface area contributed by atoms with Crippen molar-refractivity contribution in [3.63, 3.8) is 0 Å². The zero-order valence-electron chi connectivity index (χ0n) is 11.3. The third kappa shape index (κ3) is 2.40. The third-order valence-electron chi connectivity index (χ3n) is 3.47. The molecule has 106 valence electrons. The highest BCUT2D eigenvalue weighted by molar-refractivity contribution is 7.07. The molecule has 3 heterocycles. The highest BCUT2D eigenvalue weighted by atomic mass is 32.1. The molecule has 1 N–H and O–H groups in total.